The minimum absolute atomic E-state index is 0.104. The summed E-state index contributed by atoms with van der Waals surface area (Å²) in [5, 5.41) is 7.51. The molecule has 2 fully saturated rings. The van der Waals surface area contributed by atoms with Gasteiger partial charge >= 0.3 is 0 Å². The molecule has 1 atom stereocenters. The molecule has 1 aromatic carbocycles. The number of hydrogen-bond acceptors (Lipinski definition) is 9. The number of carbonyl (C=O) groups excluding carboxylic acids is 1. The topological polar surface area (TPSA) is 112 Å². The predicted octanol–water partition coefficient (Wildman–Crippen LogP) is 4.26. The number of benzene rings is 1. The summed E-state index contributed by atoms with van der Waals surface area (Å²) in [5.74, 6) is 0.953. The van der Waals surface area contributed by atoms with E-state index in [1.165, 1.54) is 23.7 Å². The number of aromatic nitrogens is 3. The average Bonchev–Trinajstić information content (AvgIpc) is 3.37. The van der Waals surface area contributed by atoms with Crippen LogP contribution in [-0.4, -0.2) is 83.7 Å². The van der Waals surface area contributed by atoms with Gasteiger partial charge < -0.3 is 20.3 Å². The molecule has 2 aromatic heterocycles. The van der Waals surface area contributed by atoms with E-state index in [0.717, 1.165) is 42.7 Å². The molecule has 2 aliphatic heterocycles. The fraction of sp³-hybridized carbons (Fsp3) is 0.480. The molecule has 38 heavy (non-hydrogen) atoms. The molecule has 0 aliphatic carbocycles. The lowest BCUT2D eigenvalue weighted by atomic mass is 10.1. The third kappa shape index (κ3) is 7.17. The van der Waals surface area contributed by atoms with Crippen LogP contribution in [0.15, 0.2) is 47.8 Å². The molecular weight excluding hydrogens is 637 g/mol. The van der Waals surface area contributed by atoms with Crippen molar-refractivity contribution in [3.05, 3.63) is 42.9 Å². The van der Waals surface area contributed by atoms with Crippen molar-refractivity contribution in [1.82, 2.24) is 23.1 Å². The SMILES string of the molecule is CN1CCCC(Nc2ncnc3c2ccn3SI)C1.O=CCNc1ccccc1S(=O)(=O)N1CCCCC1. The maximum atomic E-state index is 12.6. The Balaban J connectivity index is 0.000000177. The van der Waals surface area contributed by atoms with Gasteiger partial charge in [-0.25, -0.2) is 18.4 Å². The lowest BCUT2D eigenvalue weighted by molar-refractivity contribution is -0.106. The number of likely N-dealkylation sites (tertiary alicyclic amines) is 1. The molecule has 2 saturated heterocycles. The Morgan fingerprint density at radius 2 is 1.89 bits per heavy atom. The van der Waals surface area contributed by atoms with Gasteiger partial charge in [0.05, 0.1) is 17.6 Å². The van der Waals surface area contributed by atoms with Crippen LogP contribution >= 0.6 is 30.3 Å². The first kappa shape index (κ1) is 29.1. The quantitative estimate of drug-likeness (QED) is 0.268. The van der Waals surface area contributed by atoms with Crippen molar-refractivity contribution in [1.29, 1.82) is 0 Å². The number of piperidine rings is 2. The number of nitrogens with zero attached hydrogens (tertiary/aromatic N) is 5. The number of halogens is 1. The number of likely N-dealkylation sites (N-methyl/N-ethyl adjacent to an activating group) is 1. The number of hydrogen-bond donors (Lipinski definition) is 2. The van der Waals surface area contributed by atoms with Gasteiger partial charge in [0.25, 0.3) is 0 Å². The highest BCUT2D eigenvalue weighted by Crippen LogP contribution is 2.28. The van der Waals surface area contributed by atoms with Crippen LogP contribution in [0.4, 0.5) is 11.5 Å². The van der Waals surface area contributed by atoms with Gasteiger partial charge in [0.1, 0.15) is 23.3 Å². The maximum absolute atomic E-state index is 12.6. The molecule has 206 valence electrons. The molecule has 13 heteroatoms. The van der Waals surface area contributed by atoms with Crippen LogP contribution in [0, 0.1) is 0 Å². The van der Waals surface area contributed by atoms with Gasteiger partial charge in [-0.2, -0.15) is 4.31 Å². The van der Waals surface area contributed by atoms with E-state index in [9.17, 15) is 13.2 Å². The predicted molar refractivity (Wildman–Crippen MR) is 162 cm³/mol. The molecule has 10 nitrogen and oxygen atoms in total. The second-order valence-corrected chi connectivity index (χ2v) is 13.0. The summed E-state index contributed by atoms with van der Waals surface area (Å²) in [6.07, 6.45) is 9.73. The van der Waals surface area contributed by atoms with Crippen molar-refractivity contribution >= 4 is 69.2 Å². The molecule has 3 aromatic rings. The van der Waals surface area contributed by atoms with Gasteiger partial charge in [0.2, 0.25) is 10.0 Å². The average molecular weight is 672 g/mol. The van der Waals surface area contributed by atoms with Gasteiger partial charge in [-0.15, -0.1) is 0 Å². The summed E-state index contributed by atoms with van der Waals surface area (Å²) in [6.45, 7) is 3.52. The van der Waals surface area contributed by atoms with E-state index >= 15 is 0 Å². The molecule has 2 N–H and O–H groups in total. The van der Waals surface area contributed by atoms with E-state index < -0.39 is 10.0 Å². The fourth-order valence-corrected chi connectivity index (χ4v) is 7.77. The van der Waals surface area contributed by atoms with E-state index in [1.807, 2.05) is 6.20 Å². The summed E-state index contributed by atoms with van der Waals surface area (Å²) >= 11 is 2.26. The Kier molecular flexibility index (Phi) is 10.6. The molecule has 0 amide bonds. The number of para-hydroxylation sites is 1. The smallest absolute Gasteiger partial charge is 0.245 e. The highest BCUT2D eigenvalue weighted by Gasteiger charge is 2.27. The van der Waals surface area contributed by atoms with Crippen molar-refractivity contribution in [3.63, 3.8) is 0 Å². The molecule has 0 spiro atoms. The van der Waals surface area contributed by atoms with Crippen LogP contribution in [0.2, 0.25) is 0 Å². The maximum Gasteiger partial charge on any atom is 0.245 e. The third-order valence-corrected chi connectivity index (χ3v) is 10.4. The van der Waals surface area contributed by atoms with Gasteiger partial charge in [-0.05, 0) is 57.5 Å². The third-order valence-electron chi connectivity index (χ3n) is 6.68. The van der Waals surface area contributed by atoms with Crippen LogP contribution < -0.4 is 10.6 Å². The van der Waals surface area contributed by atoms with Crippen molar-refractivity contribution in [2.24, 2.45) is 0 Å². The van der Waals surface area contributed by atoms with Crippen molar-refractivity contribution in [2.45, 2.75) is 43.0 Å². The minimum Gasteiger partial charge on any atom is -0.377 e. The van der Waals surface area contributed by atoms with E-state index in [4.69, 9.17) is 0 Å². The standard InChI is InChI=1S/C13H18N2O3S.C12H16IN5S/c16-11-8-14-12-6-2-3-7-13(12)19(17,18)15-9-4-1-5-10-15;1-17-5-2-3-9(7-17)16-11-10-4-6-18(19-13)12(10)15-8-14-11/h2-3,6-7,11,14H,1,4-5,8-10H2;4,6,8-9H,2-3,5,7H2,1H3,(H,14,15,16). The lowest BCUT2D eigenvalue weighted by Gasteiger charge is -2.30. The second-order valence-electron chi connectivity index (χ2n) is 9.42. The van der Waals surface area contributed by atoms with Crippen LogP contribution in [0.1, 0.15) is 32.1 Å². The second kappa shape index (κ2) is 13.9. The largest absolute Gasteiger partial charge is 0.377 e. The van der Waals surface area contributed by atoms with Crippen molar-refractivity contribution in [3.8, 4) is 0 Å². The summed E-state index contributed by atoms with van der Waals surface area (Å²) in [6, 6.07) is 9.27. The number of aldehydes is 1. The van der Waals surface area contributed by atoms with E-state index in [1.54, 1.807) is 39.7 Å². The normalized spacial score (nSPS) is 18.9. The highest BCUT2D eigenvalue weighted by atomic mass is 127. The molecule has 0 bridgehead atoms. The first-order chi connectivity index (χ1) is 18.4. The number of sulfonamides is 1. The van der Waals surface area contributed by atoms with Gasteiger partial charge in [-0.1, -0.05) is 18.6 Å². The van der Waals surface area contributed by atoms with Gasteiger partial charge in [-0.3, -0.25) is 3.97 Å². The number of rotatable bonds is 8. The first-order valence-electron chi connectivity index (χ1n) is 12.8. The molecular formula is C25H34IN7O3S2. The molecule has 1 unspecified atom stereocenters. The number of nitrogens with one attached hydrogen (secondary N) is 2. The Morgan fingerprint density at radius 1 is 1.11 bits per heavy atom. The Labute approximate surface area is 240 Å². The monoisotopic (exact) mass is 671 g/mol. The van der Waals surface area contributed by atoms with E-state index in [2.05, 4.69) is 63.8 Å². The highest BCUT2D eigenvalue weighted by molar-refractivity contribution is 14.2. The number of anilines is 2. The Bertz CT molecular complexity index is 1320. The number of fused-ring (bicyclic) bond motifs is 1. The van der Waals surface area contributed by atoms with Crippen molar-refractivity contribution in [2.75, 3.05) is 50.4 Å². The van der Waals surface area contributed by atoms with Crippen LogP contribution in [-0.2, 0) is 14.8 Å². The summed E-state index contributed by atoms with van der Waals surface area (Å²) in [7, 11) is 0.326. The molecule has 2 aliphatic rings. The van der Waals surface area contributed by atoms with Crippen LogP contribution in [0.25, 0.3) is 11.0 Å². The number of carbonyl (C=O) groups is 1. The zero-order chi connectivity index (χ0) is 27.0. The van der Waals surface area contributed by atoms with E-state index in [0.29, 0.717) is 31.1 Å². The lowest BCUT2D eigenvalue weighted by Crippen LogP contribution is -2.39. The zero-order valence-corrected chi connectivity index (χ0v) is 25.2. The zero-order valence-electron chi connectivity index (χ0n) is 21.4. The minimum atomic E-state index is -3.47. The molecule has 4 heterocycles. The summed E-state index contributed by atoms with van der Waals surface area (Å²) in [5.41, 5.74) is 1.46. The molecule has 0 radical (unpaired) electrons. The summed E-state index contributed by atoms with van der Waals surface area (Å²) in [4.78, 5) is 21.8. The van der Waals surface area contributed by atoms with E-state index in [-0.39, 0.29) is 11.4 Å². The van der Waals surface area contributed by atoms with Crippen molar-refractivity contribution < 1.29 is 13.2 Å². The van der Waals surface area contributed by atoms with Crippen LogP contribution in [0.5, 0.6) is 0 Å². The summed E-state index contributed by atoms with van der Waals surface area (Å²) < 4.78 is 28.7. The van der Waals surface area contributed by atoms with Gasteiger partial charge in [0.15, 0.2) is 5.65 Å². The molecule has 5 rings (SSSR count). The van der Waals surface area contributed by atoms with Crippen LogP contribution in [0.3, 0.4) is 0 Å². The first-order valence-corrected chi connectivity index (χ1v) is 17.5. The fourth-order valence-electron chi connectivity index (χ4n) is 4.81. The Morgan fingerprint density at radius 3 is 2.63 bits per heavy atom. The molecule has 0 saturated carbocycles. The van der Waals surface area contributed by atoms with Gasteiger partial charge in [0, 0.05) is 62.2 Å². The Hall–Kier alpha value is -1.94.